The Morgan fingerprint density at radius 3 is 2.47 bits per heavy atom. The fraction of sp³-hybridized carbons (Fsp3) is 0.333. The van der Waals surface area contributed by atoms with Crippen molar-refractivity contribution in [3.8, 4) is 5.75 Å². The van der Waals surface area contributed by atoms with Gasteiger partial charge in [-0.05, 0) is 18.6 Å². The molecule has 3 nitrogen and oxygen atoms in total. The summed E-state index contributed by atoms with van der Waals surface area (Å²) in [4.78, 5) is 0. The Morgan fingerprint density at radius 2 is 1.93 bits per heavy atom. The number of hydrogen-bond donors (Lipinski definition) is 2. The summed E-state index contributed by atoms with van der Waals surface area (Å²) in [6.07, 6.45) is -0.352. The highest BCUT2D eigenvalue weighted by molar-refractivity contribution is 6.40. The molecule has 0 heterocycles. The topological polar surface area (TPSA) is 49.7 Å². The van der Waals surface area contributed by atoms with Crippen LogP contribution in [0.5, 0.6) is 5.75 Å². The molecule has 0 aliphatic heterocycles. The Bertz CT molecular complexity index is 344. The van der Waals surface area contributed by atoms with Gasteiger partial charge in [-0.25, -0.2) is 4.39 Å². The van der Waals surface area contributed by atoms with Crippen LogP contribution in [0.4, 0.5) is 8.78 Å². The number of halogens is 2. The molecular formula is C9H11BF2O3. The van der Waals surface area contributed by atoms with E-state index in [1.165, 1.54) is 12.1 Å². The maximum absolute atomic E-state index is 13.3. The predicted molar refractivity (Wildman–Crippen MR) is 51.4 cm³/mol. The van der Waals surface area contributed by atoms with Gasteiger partial charge in [-0.2, -0.15) is 4.39 Å². The molecule has 0 aliphatic carbocycles. The Morgan fingerprint density at radius 1 is 1.27 bits per heavy atom. The summed E-state index contributed by atoms with van der Waals surface area (Å²) in [5.41, 5.74) is -0.0917. The zero-order valence-electron chi connectivity index (χ0n) is 8.20. The van der Waals surface area contributed by atoms with Crippen molar-refractivity contribution in [3.63, 3.8) is 0 Å². The first-order chi connectivity index (χ1) is 7.06. The highest BCUT2D eigenvalue weighted by Crippen LogP contribution is 2.23. The van der Waals surface area contributed by atoms with Crippen LogP contribution in [-0.2, 0) is 6.32 Å². The van der Waals surface area contributed by atoms with Crippen LogP contribution in [0.3, 0.4) is 0 Å². The molecule has 0 radical (unpaired) electrons. The summed E-state index contributed by atoms with van der Waals surface area (Å²) >= 11 is 0. The first-order valence-electron chi connectivity index (χ1n) is 4.52. The van der Waals surface area contributed by atoms with E-state index in [1.54, 1.807) is 6.92 Å². The van der Waals surface area contributed by atoms with Crippen LogP contribution in [-0.4, -0.2) is 23.8 Å². The first kappa shape index (κ1) is 11.9. The van der Waals surface area contributed by atoms with Crippen LogP contribution >= 0.6 is 0 Å². The molecule has 0 spiro atoms. The molecule has 0 atom stereocenters. The van der Waals surface area contributed by atoms with E-state index in [2.05, 4.69) is 0 Å². The van der Waals surface area contributed by atoms with Gasteiger partial charge in [0.05, 0.1) is 6.61 Å². The van der Waals surface area contributed by atoms with Crippen molar-refractivity contribution in [2.75, 3.05) is 6.61 Å². The quantitative estimate of drug-likeness (QED) is 0.735. The first-order valence-corrected chi connectivity index (χ1v) is 4.52. The van der Waals surface area contributed by atoms with Crippen molar-refractivity contribution in [2.45, 2.75) is 13.2 Å². The smallest absolute Gasteiger partial charge is 0.456 e. The molecule has 1 rings (SSSR count). The molecular weight excluding hydrogens is 205 g/mol. The minimum atomic E-state index is -1.70. The molecule has 0 saturated carbocycles. The van der Waals surface area contributed by atoms with Crippen molar-refractivity contribution < 1.29 is 23.6 Å². The van der Waals surface area contributed by atoms with Gasteiger partial charge in [0.1, 0.15) is 0 Å². The number of rotatable bonds is 4. The molecule has 2 N–H and O–H groups in total. The summed E-state index contributed by atoms with van der Waals surface area (Å²) in [6, 6.07) is 2.53. The second-order valence-electron chi connectivity index (χ2n) is 2.97. The van der Waals surface area contributed by atoms with Gasteiger partial charge in [0.15, 0.2) is 11.6 Å². The Labute approximate surface area is 86.5 Å². The fourth-order valence-electron chi connectivity index (χ4n) is 1.19. The lowest BCUT2D eigenvalue weighted by Crippen LogP contribution is -2.16. The molecule has 0 aliphatic rings. The van der Waals surface area contributed by atoms with Gasteiger partial charge in [0.25, 0.3) is 0 Å². The SMILES string of the molecule is CCOc1ccc(CB(O)O)c(F)c1F. The van der Waals surface area contributed by atoms with Crippen LogP contribution in [0, 0.1) is 11.6 Å². The van der Waals surface area contributed by atoms with Crippen molar-refractivity contribution in [1.82, 2.24) is 0 Å². The van der Waals surface area contributed by atoms with Gasteiger partial charge in [0.2, 0.25) is 5.82 Å². The van der Waals surface area contributed by atoms with E-state index in [0.29, 0.717) is 0 Å². The third-order valence-electron chi connectivity index (χ3n) is 1.83. The van der Waals surface area contributed by atoms with E-state index in [-0.39, 0.29) is 24.2 Å². The van der Waals surface area contributed by atoms with Gasteiger partial charge < -0.3 is 14.8 Å². The second-order valence-corrected chi connectivity index (χ2v) is 2.97. The van der Waals surface area contributed by atoms with Gasteiger partial charge in [-0.3, -0.25) is 0 Å². The molecule has 1 aromatic carbocycles. The van der Waals surface area contributed by atoms with Gasteiger partial charge in [0, 0.05) is 6.32 Å². The Hall–Kier alpha value is -1.14. The molecule has 0 aromatic heterocycles. The van der Waals surface area contributed by atoms with Crippen LogP contribution in [0.15, 0.2) is 12.1 Å². The minimum absolute atomic E-state index is 0.0917. The average molecular weight is 216 g/mol. The summed E-state index contributed by atoms with van der Waals surface area (Å²) in [5.74, 6) is -2.38. The third kappa shape index (κ3) is 2.90. The van der Waals surface area contributed by atoms with Gasteiger partial charge in [-0.1, -0.05) is 6.07 Å². The third-order valence-corrected chi connectivity index (χ3v) is 1.83. The molecule has 6 heteroatoms. The normalized spacial score (nSPS) is 10.2. The Balaban J connectivity index is 2.98. The standard InChI is InChI=1S/C9H11BF2O3/c1-2-15-7-4-3-6(5-10(13)14)8(11)9(7)12/h3-4,13-14H,2,5H2,1H3. The summed E-state index contributed by atoms with van der Waals surface area (Å²) in [5, 5.41) is 17.3. The van der Waals surface area contributed by atoms with Crippen molar-refractivity contribution in [1.29, 1.82) is 0 Å². The Kier molecular flexibility index (Phi) is 4.05. The molecule has 0 unspecified atom stereocenters. The van der Waals surface area contributed by atoms with E-state index in [9.17, 15) is 8.78 Å². The second kappa shape index (κ2) is 5.09. The van der Waals surface area contributed by atoms with E-state index >= 15 is 0 Å². The van der Waals surface area contributed by atoms with Gasteiger partial charge in [-0.15, -0.1) is 0 Å². The number of benzene rings is 1. The van der Waals surface area contributed by atoms with E-state index in [1.807, 2.05) is 0 Å². The molecule has 0 fully saturated rings. The molecule has 0 saturated heterocycles. The van der Waals surface area contributed by atoms with Crippen LogP contribution in [0.2, 0.25) is 0 Å². The van der Waals surface area contributed by atoms with E-state index in [0.717, 1.165) is 0 Å². The lowest BCUT2D eigenvalue weighted by atomic mass is 9.82. The summed E-state index contributed by atoms with van der Waals surface area (Å²) in [6.45, 7) is 1.89. The van der Waals surface area contributed by atoms with Crippen LogP contribution in [0.25, 0.3) is 0 Å². The molecule has 15 heavy (non-hydrogen) atoms. The van der Waals surface area contributed by atoms with Crippen molar-refractivity contribution >= 4 is 7.12 Å². The highest BCUT2D eigenvalue weighted by Gasteiger charge is 2.18. The highest BCUT2D eigenvalue weighted by atomic mass is 19.2. The van der Waals surface area contributed by atoms with E-state index in [4.69, 9.17) is 14.8 Å². The fourth-order valence-corrected chi connectivity index (χ4v) is 1.19. The summed E-state index contributed by atoms with van der Waals surface area (Å²) < 4.78 is 31.3. The lowest BCUT2D eigenvalue weighted by Gasteiger charge is -2.08. The minimum Gasteiger partial charge on any atom is -0.491 e. The molecule has 0 bridgehead atoms. The monoisotopic (exact) mass is 216 g/mol. The van der Waals surface area contributed by atoms with Crippen LogP contribution < -0.4 is 4.74 Å². The van der Waals surface area contributed by atoms with Crippen molar-refractivity contribution in [2.24, 2.45) is 0 Å². The number of ether oxygens (including phenoxy) is 1. The maximum Gasteiger partial charge on any atom is 0.456 e. The maximum atomic E-state index is 13.3. The largest absolute Gasteiger partial charge is 0.491 e. The zero-order chi connectivity index (χ0) is 11.4. The molecule has 0 amide bonds. The van der Waals surface area contributed by atoms with Gasteiger partial charge >= 0.3 is 7.12 Å². The number of hydrogen-bond acceptors (Lipinski definition) is 3. The van der Waals surface area contributed by atoms with Crippen molar-refractivity contribution in [3.05, 3.63) is 29.3 Å². The molecule has 82 valence electrons. The zero-order valence-corrected chi connectivity index (χ0v) is 8.20. The lowest BCUT2D eigenvalue weighted by molar-refractivity contribution is 0.313. The summed E-state index contributed by atoms with van der Waals surface area (Å²) in [7, 11) is -1.70. The average Bonchev–Trinajstić information content (AvgIpc) is 2.17. The van der Waals surface area contributed by atoms with E-state index < -0.39 is 18.8 Å². The predicted octanol–water partition coefficient (Wildman–Crippen LogP) is 0.918. The molecule has 1 aromatic rings. The van der Waals surface area contributed by atoms with Crippen LogP contribution in [0.1, 0.15) is 12.5 Å².